The van der Waals surface area contributed by atoms with Gasteiger partial charge in [-0.2, -0.15) is 0 Å². The molecule has 3 aromatic rings. The lowest BCUT2D eigenvalue weighted by Gasteiger charge is -2.08. The summed E-state index contributed by atoms with van der Waals surface area (Å²) in [5, 5.41) is 14.0. The third-order valence-corrected chi connectivity index (χ3v) is 4.03. The van der Waals surface area contributed by atoms with Crippen LogP contribution >= 0.6 is 0 Å². The zero-order valence-corrected chi connectivity index (χ0v) is 14.2. The number of pyridine rings is 1. The third-order valence-electron chi connectivity index (χ3n) is 4.03. The first-order valence-electron chi connectivity index (χ1n) is 8.09. The number of phenolic OH excluding ortho intramolecular Hbond substituents is 1. The molecule has 0 bridgehead atoms. The van der Waals surface area contributed by atoms with Gasteiger partial charge in [0.2, 0.25) is 0 Å². The molecule has 1 heterocycles. The molecule has 0 fully saturated rings. The number of amides is 1. The Bertz CT molecular complexity index is 969. The fraction of sp³-hybridized carbons (Fsp3) is 0.150. The molecule has 6 nitrogen and oxygen atoms in total. The number of ether oxygens (including phenoxy) is 1. The molecule has 2 N–H and O–H groups in total. The fourth-order valence-electron chi connectivity index (χ4n) is 2.70. The molecule has 0 saturated carbocycles. The number of phenols is 1. The lowest BCUT2D eigenvalue weighted by Crippen LogP contribution is -2.27. The fourth-order valence-corrected chi connectivity index (χ4v) is 2.70. The molecule has 3 rings (SSSR count). The highest BCUT2D eigenvalue weighted by Crippen LogP contribution is 2.29. The molecule has 0 atom stereocenters. The van der Waals surface area contributed by atoms with Gasteiger partial charge < -0.3 is 15.2 Å². The number of carbonyl (C=O) groups excluding carboxylic acids is 2. The number of benzene rings is 2. The van der Waals surface area contributed by atoms with Crippen LogP contribution in [0.25, 0.3) is 22.0 Å². The van der Waals surface area contributed by atoms with E-state index in [9.17, 15) is 14.7 Å². The van der Waals surface area contributed by atoms with E-state index in [-0.39, 0.29) is 17.2 Å². The van der Waals surface area contributed by atoms with Crippen molar-refractivity contribution >= 4 is 23.0 Å². The normalized spacial score (nSPS) is 10.7. The van der Waals surface area contributed by atoms with E-state index < -0.39 is 0 Å². The van der Waals surface area contributed by atoms with Crippen molar-refractivity contribution in [3.63, 3.8) is 0 Å². The molecule has 6 heteroatoms. The summed E-state index contributed by atoms with van der Waals surface area (Å²) >= 11 is 0. The second-order valence-corrected chi connectivity index (χ2v) is 5.71. The summed E-state index contributed by atoms with van der Waals surface area (Å²) in [6.45, 7) is 0.844. The van der Waals surface area contributed by atoms with Gasteiger partial charge >= 0.3 is 0 Å². The Morgan fingerprint density at radius 1 is 1.23 bits per heavy atom. The van der Waals surface area contributed by atoms with Gasteiger partial charge in [0.25, 0.3) is 5.91 Å². The van der Waals surface area contributed by atoms with Gasteiger partial charge in [-0.15, -0.1) is 0 Å². The summed E-state index contributed by atoms with van der Waals surface area (Å²) in [6, 6.07) is 13.9. The predicted molar refractivity (Wildman–Crippen MR) is 98.4 cm³/mol. The van der Waals surface area contributed by atoms with Crippen LogP contribution in [0.15, 0.2) is 48.5 Å². The highest BCUT2D eigenvalue weighted by molar-refractivity contribution is 6.02. The Morgan fingerprint density at radius 2 is 2.08 bits per heavy atom. The zero-order valence-electron chi connectivity index (χ0n) is 14.2. The molecule has 1 aromatic heterocycles. The maximum atomic E-state index is 12.1. The molecular formula is C20H18N2O4. The van der Waals surface area contributed by atoms with Crippen molar-refractivity contribution < 1.29 is 19.4 Å². The number of carbonyl (C=O) groups is 2. The van der Waals surface area contributed by atoms with Crippen molar-refractivity contribution in [2.75, 3.05) is 20.3 Å². The molecule has 26 heavy (non-hydrogen) atoms. The molecular weight excluding hydrogens is 332 g/mol. The summed E-state index contributed by atoms with van der Waals surface area (Å²) in [4.78, 5) is 27.8. The van der Waals surface area contributed by atoms with E-state index in [1.54, 1.807) is 31.4 Å². The molecule has 0 aliphatic rings. The summed E-state index contributed by atoms with van der Waals surface area (Å²) in [7, 11) is 1.57. The van der Waals surface area contributed by atoms with Gasteiger partial charge in [-0.1, -0.05) is 24.3 Å². The highest BCUT2D eigenvalue weighted by atomic mass is 16.5. The monoisotopic (exact) mass is 350 g/mol. The quantitative estimate of drug-likeness (QED) is 0.527. The average Bonchev–Trinajstić information content (AvgIpc) is 2.68. The van der Waals surface area contributed by atoms with E-state index in [1.807, 2.05) is 18.2 Å². The molecule has 1 amide bonds. The maximum absolute atomic E-state index is 12.1. The Morgan fingerprint density at radius 3 is 2.85 bits per heavy atom. The number of aromatic hydroxyl groups is 1. The molecule has 132 valence electrons. The molecule has 2 aromatic carbocycles. The van der Waals surface area contributed by atoms with Crippen LogP contribution in [0.3, 0.4) is 0 Å². The van der Waals surface area contributed by atoms with Crippen molar-refractivity contribution in [2.45, 2.75) is 0 Å². The number of fused-ring (bicyclic) bond motifs is 1. The lowest BCUT2D eigenvalue weighted by molar-refractivity contribution is 0.0932. The topological polar surface area (TPSA) is 88.5 Å². The zero-order chi connectivity index (χ0) is 18.5. The van der Waals surface area contributed by atoms with Gasteiger partial charge in [0.05, 0.1) is 17.9 Å². The third kappa shape index (κ3) is 3.55. The van der Waals surface area contributed by atoms with Crippen LogP contribution < -0.4 is 5.32 Å². The summed E-state index contributed by atoms with van der Waals surface area (Å²) in [6.07, 6.45) is 0.639. The van der Waals surface area contributed by atoms with Crippen LogP contribution in [0.2, 0.25) is 0 Å². The van der Waals surface area contributed by atoms with E-state index in [2.05, 4.69) is 10.3 Å². The number of nitrogens with zero attached hydrogens (tertiary/aromatic N) is 1. The number of aldehydes is 1. The number of rotatable bonds is 6. The van der Waals surface area contributed by atoms with Crippen molar-refractivity contribution in [3.05, 3.63) is 59.8 Å². The Kier molecular flexibility index (Phi) is 5.24. The van der Waals surface area contributed by atoms with Crippen molar-refractivity contribution in [1.29, 1.82) is 0 Å². The first-order chi connectivity index (χ1) is 12.6. The molecule has 0 aliphatic heterocycles. The van der Waals surface area contributed by atoms with Crippen molar-refractivity contribution in [2.24, 2.45) is 0 Å². The number of hydrogen-bond acceptors (Lipinski definition) is 5. The summed E-state index contributed by atoms with van der Waals surface area (Å²) in [5.41, 5.74) is 2.03. The minimum Gasteiger partial charge on any atom is -0.507 e. The first kappa shape index (κ1) is 17.6. The SMILES string of the molecule is COCCNC(=O)c1cccc(-c2ccc3c(C=O)c(O)ccc3c2)n1. The van der Waals surface area contributed by atoms with Crippen LogP contribution in [-0.4, -0.2) is 42.5 Å². The van der Waals surface area contributed by atoms with E-state index in [4.69, 9.17) is 4.74 Å². The van der Waals surface area contributed by atoms with Gasteiger partial charge in [-0.05, 0) is 35.0 Å². The van der Waals surface area contributed by atoms with Crippen molar-refractivity contribution in [3.8, 4) is 17.0 Å². The van der Waals surface area contributed by atoms with Crippen molar-refractivity contribution in [1.82, 2.24) is 10.3 Å². The number of hydrogen-bond donors (Lipinski definition) is 2. The van der Waals surface area contributed by atoms with Crippen LogP contribution in [-0.2, 0) is 4.74 Å². The standard InChI is InChI=1S/C20H18N2O4/c1-26-10-9-21-20(25)18-4-2-3-17(22-18)14-5-7-15-13(11-14)6-8-19(24)16(15)12-23/h2-8,11-12,24H,9-10H2,1H3,(H,21,25). The second-order valence-electron chi connectivity index (χ2n) is 5.71. The van der Waals surface area contributed by atoms with E-state index in [0.29, 0.717) is 36.2 Å². The highest BCUT2D eigenvalue weighted by Gasteiger charge is 2.11. The van der Waals surface area contributed by atoms with Crippen LogP contribution in [0, 0.1) is 0 Å². The first-order valence-corrected chi connectivity index (χ1v) is 8.09. The van der Waals surface area contributed by atoms with Gasteiger partial charge in [0.1, 0.15) is 11.4 Å². The van der Waals surface area contributed by atoms with Gasteiger partial charge in [-0.25, -0.2) is 4.98 Å². The molecule has 0 saturated heterocycles. The van der Waals surface area contributed by atoms with Gasteiger partial charge in [0, 0.05) is 19.2 Å². The minimum atomic E-state index is -0.266. The molecule has 0 spiro atoms. The Hall–Kier alpha value is -3.25. The molecule has 0 aliphatic carbocycles. The largest absolute Gasteiger partial charge is 0.507 e. The Balaban J connectivity index is 1.94. The second kappa shape index (κ2) is 7.76. The molecule has 0 radical (unpaired) electrons. The van der Waals surface area contributed by atoms with Gasteiger partial charge in [-0.3, -0.25) is 9.59 Å². The minimum absolute atomic E-state index is 0.0481. The number of aromatic nitrogens is 1. The van der Waals surface area contributed by atoms with E-state index in [1.165, 1.54) is 6.07 Å². The lowest BCUT2D eigenvalue weighted by atomic mass is 10.0. The van der Waals surface area contributed by atoms with E-state index in [0.717, 1.165) is 10.9 Å². The summed E-state index contributed by atoms with van der Waals surface area (Å²) in [5.74, 6) is -0.314. The maximum Gasteiger partial charge on any atom is 0.269 e. The Labute approximate surface area is 150 Å². The average molecular weight is 350 g/mol. The molecule has 0 unspecified atom stereocenters. The predicted octanol–water partition coefficient (Wildman–Crippen LogP) is 2.80. The smallest absolute Gasteiger partial charge is 0.269 e. The van der Waals surface area contributed by atoms with Gasteiger partial charge in [0.15, 0.2) is 6.29 Å². The van der Waals surface area contributed by atoms with E-state index >= 15 is 0 Å². The number of methoxy groups -OCH3 is 1. The van der Waals surface area contributed by atoms with Crippen LogP contribution in [0.4, 0.5) is 0 Å². The summed E-state index contributed by atoms with van der Waals surface area (Å²) < 4.78 is 4.91. The van der Waals surface area contributed by atoms with Crippen LogP contribution in [0.5, 0.6) is 5.75 Å². The van der Waals surface area contributed by atoms with Crippen LogP contribution in [0.1, 0.15) is 20.8 Å². The number of nitrogens with one attached hydrogen (secondary N) is 1.